The van der Waals surface area contributed by atoms with Crippen LogP contribution >= 0.6 is 11.6 Å². The Morgan fingerprint density at radius 1 is 1.38 bits per heavy atom. The molecule has 0 saturated carbocycles. The molecule has 0 atom stereocenters. The third-order valence-electron chi connectivity index (χ3n) is 2.35. The number of hydrogen-bond donors (Lipinski definition) is 1. The molecular formula is C11H13ClN4. The summed E-state index contributed by atoms with van der Waals surface area (Å²) in [5, 5.41) is 4.83. The normalized spacial score (nSPS) is 11.0. The second-order valence-corrected chi connectivity index (χ2v) is 4.25. The predicted octanol–water partition coefficient (Wildman–Crippen LogP) is 2.76. The van der Waals surface area contributed by atoms with Crippen molar-refractivity contribution in [3.63, 3.8) is 0 Å². The number of aromatic nitrogens is 3. The van der Waals surface area contributed by atoms with Crippen molar-refractivity contribution in [2.24, 2.45) is 0 Å². The van der Waals surface area contributed by atoms with Gasteiger partial charge in [-0.25, -0.2) is 0 Å². The number of nitrogens with two attached hydrogens (primary N) is 1. The molecule has 84 valence electrons. The van der Waals surface area contributed by atoms with Crippen molar-refractivity contribution >= 4 is 17.3 Å². The summed E-state index contributed by atoms with van der Waals surface area (Å²) in [6.07, 6.45) is 4.99. The van der Waals surface area contributed by atoms with Crippen molar-refractivity contribution in [2.45, 2.75) is 19.9 Å². The van der Waals surface area contributed by atoms with Crippen LogP contribution in [0.5, 0.6) is 0 Å². The van der Waals surface area contributed by atoms with Crippen LogP contribution in [0.3, 0.4) is 0 Å². The molecule has 0 aromatic carbocycles. The maximum Gasteiger partial charge on any atom is 0.0908 e. The molecule has 2 rings (SSSR count). The van der Waals surface area contributed by atoms with Gasteiger partial charge in [0.25, 0.3) is 0 Å². The van der Waals surface area contributed by atoms with Gasteiger partial charge in [0.2, 0.25) is 0 Å². The Labute approximate surface area is 99.1 Å². The van der Waals surface area contributed by atoms with Crippen molar-refractivity contribution in [3.05, 3.63) is 29.7 Å². The fraction of sp³-hybridized carbons (Fsp3) is 0.273. The zero-order valence-electron chi connectivity index (χ0n) is 9.18. The van der Waals surface area contributed by atoms with Crippen LogP contribution in [0.25, 0.3) is 11.3 Å². The van der Waals surface area contributed by atoms with Crippen LogP contribution in [0.1, 0.15) is 19.9 Å². The number of rotatable bonds is 2. The van der Waals surface area contributed by atoms with Crippen LogP contribution in [-0.4, -0.2) is 14.8 Å². The van der Waals surface area contributed by atoms with Crippen LogP contribution in [0.2, 0.25) is 5.02 Å². The number of pyridine rings is 1. The lowest BCUT2D eigenvalue weighted by Crippen LogP contribution is -2.06. The van der Waals surface area contributed by atoms with Crippen LogP contribution < -0.4 is 5.73 Å². The van der Waals surface area contributed by atoms with Gasteiger partial charge in [-0.3, -0.25) is 9.67 Å². The minimum atomic E-state index is 0.224. The van der Waals surface area contributed by atoms with E-state index in [1.54, 1.807) is 24.7 Å². The molecule has 16 heavy (non-hydrogen) atoms. The number of nitrogen functional groups attached to an aromatic ring is 1. The molecule has 2 N–H and O–H groups in total. The number of halogens is 1. The third kappa shape index (κ3) is 1.76. The van der Waals surface area contributed by atoms with Gasteiger partial charge in [-0.2, -0.15) is 5.10 Å². The predicted molar refractivity (Wildman–Crippen MR) is 65.3 cm³/mol. The molecule has 2 aromatic rings. The highest BCUT2D eigenvalue weighted by Crippen LogP contribution is 2.32. The highest BCUT2D eigenvalue weighted by Gasteiger charge is 2.15. The second kappa shape index (κ2) is 4.14. The lowest BCUT2D eigenvalue weighted by Gasteiger charge is -2.12. The summed E-state index contributed by atoms with van der Waals surface area (Å²) in [4.78, 5) is 4.06. The van der Waals surface area contributed by atoms with Gasteiger partial charge >= 0.3 is 0 Å². The van der Waals surface area contributed by atoms with Gasteiger partial charge in [0.05, 0.1) is 16.9 Å². The van der Waals surface area contributed by atoms with E-state index < -0.39 is 0 Å². The summed E-state index contributed by atoms with van der Waals surface area (Å²) in [7, 11) is 0. The lowest BCUT2D eigenvalue weighted by atomic mass is 10.1. The maximum absolute atomic E-state index is 6.13. The molecule has 0 radical (unpaired) electrons. The summed E-state index contributed by atoms with van der Waals surface area (Å²) in [5.74, 6) is 0. The summed E-state index contributed by atoms with van der Waals surface area (Å²) in [6, 6.07) is 1.98. The third-order valence-corrected chi connectivity index (χ3v) is 2.63. The number of anilines is 1. The average molecular weight is 237 g/mol. The number of nitrogens with zero attached hydrogens (tertiary/aromatic N) is 3. The summed E-state index contributed by atoms with van der Waals surface area (Å²) in [6.45, 7) is 4.08. The van der Waals surface area contributed by atoms with E-state index in [2.05, 4.69) is 10.1 Å². The first kappa shape index (κ1) is 11.0. The van der Waals surface area contributed by atoms with E-state index in [0.717, 1.165) is 11.3 Å². The number of hydrogen-bond acceptors (Lipinski definition) is 3. The molecule has 0 aliphatic carbocycles. The molecule has 0 aliphatic heterocycles. The summed E-state index contributed by atoms with van der Waals surface area (Å²) >= 11 is 6.13. The Bertz CT molecular complexity index is 504. The van der Waals surface area contributed by atoms with E-state index in [0.29, 0.717) is 10.7 Å². The van der Waals surface area contributed by atoms with Crippen molar-refractivity contribution in [1.29, 1.82) is 0 Å². The fourth-order valence-electron chi connectivity index (χ4n) is 1.59. The smallest absolute Gasteiger partial charge is 0.0908 e. The zero-order valence-corrected chi connectivity index (χ0v) is 9.94. The molecule has 0 amide bonds. The first-order valence-electron chi connectivity index (χ1n) is 5.04. The van der Waals surface area contributed by atoms with E-state index in [9.17, 15) is 0 Å². The van der Waals surface area contributed by atoms with Gasteiger partial charge in [0.1, 0.15) is 0 Å². The van der Waals surface area contributed by atoms with E-state index in [-0.39, 0.29) is 6.04 Å². The molecule has 4 nitrogen and oxygen atoms in total. The van der Waals surface area contributed by atoms with Crippen molar-refractivity contribution < 1.29 is 0 Å². The van der Waals surface area contributed by atoms with Crippen molar-refractivity contribution in [2.75, 3.05) is 5.73 Å². The first-order chi connectivity index (χ1) is 7.61. The Morgan fingerprint density at radius 3 is 2.75 bits per heavy atom. The maximum atomic E-state index is 6.13. The van der Waals surface area contributed by atoms with Gasteiger partial charge in [-0.05, 0) is 19.9 Å². The topological polar surface area (TPSA) is 56.7 Å². The van der Waals surface area contributed by atoms with Crippen LogP contribution in [0.4, 0.5) is 5.69 Å². The Morgan fingerprint density at radius 2 is 2.12 bits per heavy atom. The van der Waals surface area contributed by atoms with Crippen molar-refractivity contribution in [3.8, 4) is 11.3 Å². The van der Waals surface area contributed by atoms with Crippen LogP contribution in [0.15, 0.2) is 24.7 Å². The largest absolute Gasteiger partial charge is 0.398 e. The molecule has 2 heterocycles. The summed E-state index contributed by atoms with van der Waals surface area (Å²) < 4.78 is 1.84. The Kier molecular flexibility index (Phi) is 2.83. The second-order valence-electron chi connectivity index (χ2n) is 3.84. The monoisotopic (exact) mass is 236 g/mol. The molecule has 0 spiro atoms. The highest BCUT2D eigenvalue weighted by atomic mass is 35.5. The molecular weight excluding hydrogens is 224 g/mol. The molecule has 2 aromatic heterocycles. The Balaban J connectivity index is 2.64. The lowest BCUT2D eigenvalue weighted by molar-refractivity contribution is 0.538. The highest BCUT2D eigenvalue weighted by molar-refractivity contribution is 6.33. The van der Waals surface area contributed by atoms with Crippen LogP contribution in [0, 0.1) is 0 Å². The van der Waals surface area contributed by atoms with E-state index in [1.807, 2.05) is 18.5 Å². The van der Waals surface area contributed by atoms with Gasteiger partial charge in [-0.15, -0.1) is 0 Å². The van der Waals surface area contributed by atoms with Crippen molar-refractivity contribution in [1.82, 2.24) is 14.8 Å². The molecule has 0 fully saturated rings. The molecule has 5 heteroatoms. The van der Waals surface area contributed by atoms with Gasteiger partial charge < -0.3 is 5.73 Å². The van der Waals surface area contributed by atoms with Crippen LogP contribution in [-0.2, 0) is 0 Å². The molecule has 0 unspecified atom stereocenters. The van der Waals surface area contributed by atoms with E-state index in [4.69, 9.17) is 17.3 Å². The van der Waals surface area contributed by atoms with Gasteiger partial charge in [0.15, 0.2) is 0 Å². The van der Waals surface area contributed by atoms with Gasteiger partial charge in [0, 0.05) is 29.7 Å². The molecule has 0 aliphatic rings. The standard InChI is InChI=1S/C11H13ClN4/c1-7(2)16-11(9(12)6-15-16)8-5-14-4-3-10(8)13/h3-7H,1-2H3,(H2,13,14). The Hall–Kier alpha value is -1.55. The summed E-state index contributed by atoms with van der Waals surface area (Å²) in [5.41, 5.74) is 8.20. The fourth-order valence-corrected chi connectivity index (χ4v) is 1.82. The first-order valence-corrected chi connectivity index (χ1v) is 5.42. The zero-order chi connectivity index (χ0) is 11.7. The average Bonchev–Trinajstić information content (AvgIpc) is 2.61. The minimum Gasteiger partial charge on any atom is -0.398 e. The van der Waals surface area contributed by atoms with E-state index in [1.165, 1.54) is 0 Å². The quantitative estimate of drug-likeness (QED) is 0.872. The molecule has 0 bridgehead atoms. The molecule has 0 saturated heterocycles. The van der Waals surface area contributed by atoms with E-state index >= 15 is 0 Å². The SMILES string of the molecule is CC(C)n1ncc(Cl)c1-c1cnccc1N. The minimum absolute atomic E-state index is 0.224. The van der Waals surface area contributed by atoms with Gasteiger partial charge in [-0.1, -0.05) is 11.6 Å².